The van der Waals surface area contributed by atoms with E-state index in [2.05, 4.69) is 73.3 Å². The van der Waals surface area contributed by atoms with Crippen molar-refractivity contribution >= 4 is 83.5 Å². The number of nitrogens with zero attached hydrogens (tertiary/aromatic N) is 6. The Labute approximate surface area is 376 Å². The predicted octanol–water partition coefficient (Wildman–Crippen LogP) is 3.06. The first kappa shape index (κ1) is 56.2. The molecule has 22 heteroatoms. The van der Waals surface area contributed by atoms with Crippen LogP contribution in [0.4, 0.5) is 11.6 Å². The molecule has 344 valence electrons. The SMILES string of the molecule is C.C/C=N/NC(=O)c1ccc(C(=O)NC)cc1.C/C=N/Nc1ccc(C(=O)NC)cn1.CNC(=O)c1ccc(C(=O)N/N=C/C(C)=O)cc1.CNC(=O)c1ccc(N/N=C/C(C)=O)nc1. The van der Waals surface area contributed by atoms with Crippen molar-refractivity contribution in [2.75, 3.05) is 39.0 Å². The van der Waals surface area contributed by atoms with Crippen LogP contribution in [0, 0.1) is 0 Å². The van der Waals surface area contributed by atoms with Crippen molar-refractivity contribution in [3.63, 3.8) is 0 Å². The molecule has 4 aromatic rings. The maximum Gasteiger partial charge on any atom is 0.271 e. The number of ketones is 2. The summed E-state index contributed by atoms with van der Waals surface area (Å²) in [7, 11) is 6.21. The van der Waals surface area contributed by atoms with Crippen LogP contribution in [0.3, 0.4) is 0 Å². The average Bonchev–Trinajstić information content (AvgIpc) is 3.32. The zero-order valence-electron chi connectivity index (χ0n) is 36.3. The maximum atomic E-state index is 11.5. The Morgan fingerprint density at radius 2 is 0.708 bits per heavy atom. The Morgan fingerprint density at radius 1 is 0.415 bits per heavy atom. The fourth-order valence-electron chi connectivity index (χ4n) is 4.07. The Kier molecular flexibility index (Phi) is 27.6. The van der Waals surface area contributed by atoms with Crippen LogP contribution in [0.25, 0.3) is 0 Å². The Bertz CT molecular complexity index is 2300. The average molecular weight is 895 g/mol. The topological polar surface area (TPSA) is 308 Å². The summed E-state index contributed by atoms with van der Waals surface area (Å²) in [6.45, 7) is 6.22. The van der Waals surface area contributed by atoms with Crippen molar-refractivity contribution in [3.8, 4) is 0 Å². The molecule has 8 N–H and O–H groups in total. The van der Waals surface area contributed by atoms with Crippen molar-refractivity contribution in [3.05, 3.63) is 119 Å². The molecule has 6 amide bonds. The van der Waals surface area contributed by atoms with E-state index in [1.807, 2.05) is 0 Å². The molecular weight excluding hydrogens is 841 g/mol. The van der Waals surface area contributed by atoms with Gasteiger partial charge in [0.1, 0.15) is 11.6 Å². The monoisotopic (exact) mass is 894 g/mol. The molecule has 22 nitrogen and oxygen atoms in total. The van der Waals surface area contributed by atoms with Gasteiger partial charge in [0.25, 0.3) is 35.4 Å². The smallest absolute Gasteiger partial charge is 0.271 e. The molecule has 0 aliphatic carbocycles. The van der Waals surface area contributed by atoms with Crippen molar-refractivity contribution in [1.29, 1.82) is 0 Å². The molecule has 2 aromatic heterocycles. The second-order valence-electron chi connectivity index (χ2n) is 12.0. The summed E-state index contributed by atoms with van der Waals surface area (Å²) in [5, 5.41) is 24.5. The van der Waals surface area contributed by atoms with Crippen LogP contribution in [0.2, 0.25) is 0 Å². The second kappa shape index (κ2) is 32.0. The first-order chi connectivity index (χ1) is 30.6. The highest BCUT2D eigenvalue weighted by Gasteiger charge is 2.08. The Hall–Kier alpha value is -8.82. The van der Waals surface area contributed by atoms with E-state index in [4.69, 9.17) is 0 Å². The summed E-state index contributed by atoms with van der Waals surface area (Å²) < 4.78 is 0. The lowest BCUT2D eigenvalue weighted by Crippen LogP contribution is -2.20. The number of amides is 6. The number of hydrogen-bond acceptors (Lipinski definition) is 16. The van der Waals surface area contributed by atoms with Crippen LogP contribution in [0.15, 0.2) is 106 Å². The quantitative estimate of drug-likeness (QED) is 0.0669. The fourth-order valence-corrected chi connectivity index (χ4v) is 4.07. The molecule has 0 fully saturated rings. The molecule has 0 unspecified atom stereocenters. The molecule has 0 aliphatic rings. The summed E-state index contributed by atoms with van der Waals surface area (Å²) in [6, 6.07) is 19.0. The van der Waals surface area contributed by atoms with E-state index in [0.29, 0.717) is 45.0 Å². The molecule has 0 saturated heterocycles. The molecule has 2 heterocycles. The number of aromatic nitrogens is 2. The lowest BCUT2D eigenvalue weighted by molar-refractivity contribution is -0.111. The van der Waals surface area contributed by atoms with Gasteiger partial charge in [0, 0.05) is 89.1 Å². The molecule has 0 saturated carbocycles. The van der Waals surface area contributed by atoms with Gasteiger partial charge < -0.3 is 21.3 Å². The summed E-state index contributed by atoms with van der Waals surface area (Å²) in [5.41, 5.74) is 12.6. The fraction of sp³-hybridized carbons (Fsp3) is 0.209. The van der Waals surface area contributed by atoms with E-state index >= 15 is 0 Å². The van der Waals surface area contributed by atoms with E-state index in [-0.39, 0.29) is 48.5 Å². The molecule has 4 rings (SSSR count). The van der Waals surface area contributed by atoms with E-state index in [0.717, 1.165) is 12.4 Å². The molecule has 0 bridgehead atoms. The number of Topliss-reactive ketones (excluding diaryl/α,β-unsaturated/α-hetero) is 2. The van der Waals surface area contributed by atoms with Gasteiger partial charge in [-0.25, -0.2) is 20.8 Å². The Balaban J connectivity index is 0.000000839. The molecule has 0 radical (unpaired) electrons. The molecular formula is C43H54N14O8. The minimum Gasteiger partial charge on any atom is -0.355 e. The van der Waals surface area contributed by atoms with Crippen LogP contribution in [0.5, 0.6) is 0 Å². The molecule has 0 spiro atoms. The third kappa shape index (κ3) is 22.6. The lowest BCUT2D eigenvalue weighted by atomic mass is 10.1. The van der Waals surface area contributed by atoms with Crippen LogP contribution in [0.1, 0.15) is 97.3 Å². The zero-order chi connectivity index (χ0) is 47.9. The number of nitrogens with one attached hydrogen (secondary N) is 8. The van der Waals surface area contributed by atoms with E-state index in [1.165, 1.54) is 63.8 Å². The zero-order valence-corrected chi connectivity index (χ0v) is 36.3. The van der Waals surface area contributed by atoms with Gasteiger partial charge in [-0.2, -0.15) is 20.4 Å². The van der Waals surface area contributed by atoms with E-state index in [9.17, 15) is 38.4 Å². The number of pyridine rings is 2. The molecule has 0 atom stereocenters. The van der Waals surface area contributed by atoms with Gasteiger partial charge in [-0.3, -0.25) is 49.2 Å². The number of carbonyl (C=O) groups excluding carboxylic acids is 8. The number of hydrogen-bond donors (Lipinski definition) is 8. The third-order valence-electron chi connectivity index (χ3n) is 7.22. The van der Waals surface area contributed by atoms with Gasteiger partial charge in [0.2, 0.25) is 0 Å². The number of hydrazone groups is 4. The second-order valence-corrected chi connectivity index (χ2v) is 12.0. The largest absolute Gasteiger partial charge is 0.355 e. The number of benzene rings is 2. The number of rotatable bonds is 14. The Morgan fingerprint density at radius 3 is 1.02 bits per heavy atom. The minimum atomic E-state index is -0.448. The molecule has 65 heavy (non-hydrogen) atoms. The van der Waals surface area contributed by atoms with Crippen molar-refractivity contribution in [1.82, 2.24) is 42.1 Å². The van der Waals surface area contributed by atoms with Crippen LogP contribution in [-0.4, -0.2) is 110 Å². The van der Waals surface area contributed by atoms with Crippen LogP contribution < -0.4 is 43.0 Å². The first-order valence-electron chi connectivity index (χ1n) is 18.8. The molecule has 0 aliphatic heterocycles. The van der Waals surface area contributed by atoms with Crippen LogP contribution >= 0.6 is 0 Å². The minimum absolute atomic E-state index is 0. The van der Waals surface area contributed by atoms with Crippen molar-refractivity contribution < 1.29 is 38.4 Å². The third-order valence-corrected chi connectivity index (χ3v) is 7.22. The van der Waals surface area contributed by atoms with E-state index < -0.39 is 5.91 Å². The standard InChI is InChI=1S/C12H13N3O3.C11H13N3O2.C10H12N4O2.C9H12N4O.CH4/c1-8(16)7-14-15-12(18)10-5-3-9(4-6-10)11(17)13-2;1-3-13-14-11(16)9-6-4-8(5-7-9)10(15)12-2;1-7(15)5-13-14-9-4-3-8(6-12-9)10(16)11-2;1-3-12-13-8-5-4-7(6-11-8)9(14)10-2;/h3-7H,1-2H3,(H,13,17)(H,15,18);3-7H,1-2H3,(H,12,15)(H,14,16);3-6H,1-2H3,(H,11,16)(H,12,14);3-6H,1-2H3,(H,10,14)(H,11,13);1H4/b14-7+;13-3+;13-5+;12-3+;. The molecule has 2 aromatic carbocycles. The highest BCUT2D eigenvalue weighted by molar-refractivity contribution is 6.26. The normalized spacial score (nSPS) is 9.97. The first-order valence-corrected chi connectivity index (χ1v) is 18.8. The summed E-state index contributed by atoms with van der Waals surface area (Å²) in [4.78, 5) is 96.9. The highest BCUT2D eigenvalue weighted by Crippen LogP contribution is 2.07. The van der Waals surface area contributed by atoms with Gasteiger partial charge >= 0.3 is 0 Å². The summed E-state index contributed by atoms with van der Waals surface area (Å²) >= 11 is 0. The lowest BCUT2D eigenvalue weighted by Gasteiger charge is -2.02. The predicted molar refractivity (Wildman–Crippen MR) is 251 cm³/mol. The summed E-state index contributed by atoms with van der Waals surface area (Å²) in [6.07, 6.45) is 8.17. The van der Waals surface area contributed by atoms with Crippen LogP contribution in [-0.2, 0) is 9.59 Å². The van der Waals surface area contributed by atoms with E-state index in [1.54, 1.807) is 89.7 Å². The number of carbonyl (C=O) groups is 8. The summed E-state index contributed by atoms with van der Waals surface area (Å²) in [5.74, 6) is -0.859. The van der Waals surface area contributed by atoms with Gasteiger partial charge in [0.05, 0.1) is 23.6 Å². The van der Waals surface area contributed by atoms with Gasteiger partial charge in [-0.15, -0.1) is 0 Å². The number of anilines is 2. The van der Waals surface area contributed by atoms with Crippen molar-refractivity contribution in [2.24, 2.45) is 20.4 Å². The van der Waals surface area contributed by atoms with Gasteiger partial charge in [-0.1, -0.05) is 7.43 Å². The van der Waals surface area contributed by atoms with Gasteiger partial charge in [-0.05, 0) is 86.6 Å². The highest BCUT2D eigenvalue weighted by atomic mass is 16.2. The van der Waals surface area contributed by atoms with Crippen molar-refractivity contribution in [2.45, 2.75) is 35.1 Å². The van der Waals surface area contributed by atoms with Gasteiger partial charge in [0.15, 0.2) is 11.6 Å². The maximum absolute atomic E-state index is 11.5.